The number of aromatic nitrogens is 1. The Labute approximate surface area is 77.8 Å². The molecule has 0 saturated heterocycles. The molecule has 0 aromatic carbocycles. The van der Waals surface area contributed by atoms with E-state index < -0.39 is 0 Å². The van der Waals surface area contributed by atoms with Crippen molar-refractivity contribution in [2.24, 2.45) is 11.8 Å². The Morgan fingerprint density at radius 3 is 3.00 bits per heavy atom. The minimum absolute atomic E-state index is 0.807. The molecule has 64 valence electrons. The van der Waals surface area contributed by atoms with Crippen molar-refractivity contribution in [2.45, 2.75) is 6.42 Å². The first kappa shape index (κ1) is 7.07. The molecule has 1 saturated carbocycles. The second-order valence-corrected chi connectivity index (χ2v) is 3.76. The number of allylic oxidation sites excluding steroid dienone is 4. The predicted octanol–water partition coefficient (Wildman–Crippen LogP) is 2.67. The number of hydrogen-bond acceptors (Lipinski definition) is 1. The number of nitrogens with zero attached hydrogens (tertiary/aromatic N) is 1. The molecule has 1 heteroatoms. The van der Waals surface area contributed by atoms with Crippen molar-refractivity contribution in [1.82, 2.24) is 4.98 Å². The molecular weight excluding hydrogens is 158 g/mol. The van der Waals surface area contributed by atoms with Gasteiger partial charge in [0.15, 0.2) is 0 Å². The average molecular weight is 169 g/mol. The highest BCUT2D eigenvalue weighted by Crippen LogP contribution is 2.45. The lowest BCUT2D eigenvalue weighted by atomic mass is 10.0. The zero-order valence-electron chi connectivity index (χ0n) is 7.35. The topological polar surface area (TPSA) is 12.9 Å². The lowest BCUT2D eigenvalue weighted by molar-refractivity contribution is 0.982. The van der Waals surface area contributed by atoms with E-state index in [2.05, 4.69) is 29.3 Å². The summed E-state index contributed by atoms with van der Waals surface area (Å²) in [6.07, 6.45) is 10.1. The van der Waals surface area contributed by atoms with Crippen LogP contribution >= 0.6 is 0 Å². The molecule has 0 bridgehead atoms. The molecule has 1 nitrogen and oxygen atoms in total. The van der Waals surface area contributed by atoms with Crippen LogP contribution in [0.1, 0.15) is 12.1 Å². The van der Waals surface area contributed by atoms with Crippen LogP contribution in [0.4, 0.5) is 0 Å². The van der Waals surface area contributed by atoms with Crippen LogP contribution in [0.3, 0.4) is 0 Å². The molecule has 0 N–H and O–H groups in total. The van der Waals surface area contributed by atoms with Gasteiger partial charge in [0.1, 0.15) is 0 Å². The van der Waals surface area contributed by atoms with Gasteiger partial charge >= 0.3 is 0 Å². The predicted molar refractivity (Wildman–Crippen MR) is 53.0 cm³/mol. The lowest BCUT2D eigenvalue weighted by Gasteiger charge is -2.04. The summed E-state index contributed by atoms with van der Waals surface area (Å²) in [5.74, 6) is 1.65. The zero-order valence-corrected chi connectivity index (χ0v) is 7.35. The van der Waals surface area contributed by atoms with Gasteiger partial charge in [-0.1, -0.05) is 24.3 Å². The second-order valence-electron chi connectivity index (χ2n) is 3.76. The van der Waals surface area contributed by atoms with Gasteiger partial charge in [-0.25, -0.2) is 0 Å². The maximum Gasteiger partial charge on any atom is 0.0698 e. The Morgan fingerprint density at radius 2 is 2.23 bits per heavy atom. The van der Waals surface area contributed by atoms with Gasteiger partial charge in [-0.05, 0) is 36.0 Å². The SMILES string of the molecule is C1=CC2CC2C=C1c1ccccn1. The van der Waals surface area contributed by atoms with Gasteiger partial charge in [0.05, 0.1) is 5.69 Å². The molecule has 2 aliphatic rings. The van der Waals surface area contributed by atoms with Gasteiger partial charge in [0.2, 0.25) is 0 Å². The van der Waals surface area contributed by atoms with Gasteiger partial charge in [-0.3, -0.25) is 4.98 Å². The molecular formula is C12H11N. The van der Waals surface area contributed by atoms with E-state index in [1.807, 2.05) is 18.3 Å². The van der Waals surface area contributed by atoms with E-state index in [9.17, 15) is 0 Å². The third kappa shape index (κ3) is 1.21. The van der Waals surface area contributed by atoms with Gasteiger partial charge in [0.25, 0.3) is 0 Å². The first-order chi connectivity index (χ1) is 6.43. The standard InChI is InChI=1S/C12H11N/c1-2-6-13-12(3-1)10-5-4-9-7-11(9)8-10/h1-6,8-9,11H,7H2. The van der Waals surface area contributed by atoms with E-state index in [0.29, 0.717) is 0 Å². The van der Waals surface area contributed by atoms with Crippen LogP contribution in [0, 0.1) is 11.8 Å². The number of hydrogen-bond donors (Lipinski definition) is 0. The summed E-state index contributed by atoms with van der Waals surface area (Å²) in [4.78, 5) is 4.34. The summed E-state index contributed by atoms with van der Waals surface area (Å²) in [6.45, 7) is 0. The minimum atomic E-state index is 0.807. The molecule has 1 aromatic rings. The molecule has 1 fully saturated rings. The third-order valence-corrected chi connectivity index (χ3v) is 2.77. The summed E-state index contributed by atoms with van der Waals surface area (Å²) in [7, 11) is 0. The molecule has 1 aromatic heterocycles. The fourth-order valence-electron chi connectivity index (χ4n) is 1.87. The molecule has 0 aliphatic heterocycles. The smallest absolute Gasteiger partial charge is 0.0698 e. The molecule has 1 heterocycles. The van der Waals surface area contributed by atoms with Gasteiger partial charge in [0, 0.05) is 6.20 Å². The molecule has 0 spiro atoms. The molecule has 0 radical (unpaired) electrons. The first-order valence-corrected chi connectivity index (χ1v) is 4.75. The Hall–Kier alpha value is -1.37. The molecule has 13 heavy (non-hydrogen) atoms. The van der Waals surface area contributed by atoms with Crippen molar-refractivity contribution in [1.29, 1.82) is 0 Å². The number of fused-ring (bicyclic) bond motifs is 1. The van der Waals surface area contributed by atoms with Crippen LogP contribution in [0.25, 0.3) is 5.57 Å². The van der Waals surface area contributed by atoms with Crippen LogP contribution < -0.4 is 0 Å². The highest BCUT2D eigenvalue weighted by Gasteiger charge is 2.35. The van der Waals surface area contributed by atoms with Crippen LogP contribution in [-0.4, -0.2) is 4.98 Å². The van der Waals surface area contributed by atoms with E-state index in [1.54, 1.807) is 0 Å². The van der Waals surface area contributed by atoms with E-state index in [1.165, 1.54) is 12.0 Å². The summed E-state index contributed by atoms with van der Waals surface area (Å²) in [6, 6.07) is 6.06. The van der Waals surface area contributed by atoms with E-state index in [0.717, 1.165) is 17.5 Å². The maximum atomic E-state index is 4.34. The third-order valence-electron chi connectivity index (χ3n) is 2.77. The van der Waals surface area contributed by atoms with Crippen molar-refractivity contribution in [3.63, 3.8) is 0 Å². The van der Waals surface area contributed by atoms with Crippen molar-refractivity contribution < 1.29 is 0 Å². The quantitative estimate of drug-likeness (QED) is 0.629. The highest BCUT2D eigenvalue weighted by molar-refractivity contribution is 5.73. The summed E-state index contributed by atoms with van der Waals surface area (Å²) in [5, 5.41) is 0. The molecule has 2 aliphatic carbocycles. The number of rotatable bonds is 1. The van der Waals surface area contributed by atoms with Gasteiger partial charge in [-0.15, -0.1) is 0 Å². The first-order valence-electron chi connectivity index (χ1n) is 4.75. The Bertz CT molecular complexity index is 375. The van der Waals surface area contributed by atoms with Gasteiger partial charge in [-0.2, -0.15) is 0 Å². The Morgan fingerprint density at radius 1 is 1.23 bits per heavy atom. The van der Waals surface area contributed by atoms with Crippen molar-refractivity contribution >= 4 is 5.57 Å². The lowest BCUT2D eigenvalue weighted by Crippen LogP contribution is -1.90. The summed E-state index contributed by atoms with van der Waals surface area (Å²) in [5.41, 5.74) is 2.39. The normalized spacial score (nSPS) is 29.4. The Kier molecular flexibility index (Phi) is 1.39. The van der Waals surface area contributed by atoms with E-state index in [4.69, 9.17) is 0 Å². The highest BCUT2D eigenvalue weighted by atomic mass is 14.7. The molecule has 0 amide bonds. The van der Waals surface area contributed by atoms with Crippen LogP contribution in [0.5, 0.6) is 0 Å². The molecule has 2 unspecified atom stereocenters. The summed E-state index contributed by atoms with van der Waals surface area (Å²) >= 11 is 0. The van der Waals surface area contributed by atoms with Crippen molar-refractivity contribution in [3.05, 3.63) is 48.3 Å². The van der Waals surface area contributed by atoms with Gasteiger partial charge < -0.3 is 0 Å². The van der Waals surface area contributed by atoms with E-state index in [-0.39, 0.29) is 0 Å². The average Bonchev–Trinajstić information content (AvgIpc) is 2.96. The zero-order chi connectivity index (χ0) is 8.67. The Balaban J connectivity index is 1.98. The van der Waals surface area contributed by atoms with Crippen LogP contribution in [0.15, 0.2) is 42.6 Å². The second kappa shape index (κ2) is 2.56. The fraction of sp³-hybridized carbons (Fsp3) is 0.250. The number of pyridine rings is 1. The largest absolute Gasteiger partial charge is 0.256 e. The fourth-order valence-corrected chi connectivity index (χ4v) is 1.87. The maximum absolute atomic E-state index is 4.34. The van der Waals surface area contributed by atoms with Crippen molar-refractivity contribution in [2.75, 3.05) is 0 Å². The molecule has 3 rings (SSSR count). The van der Waals surface area contributed by atoms with Crippen LogP contribution in [-0.2, 0) is 0 Å². The molecule has 2 atom stereocenters. The van der Waals surface area contributed by atoms with Crippen LogP contribution in [0.2, 0.25) is 0 Å². The van der Waals surface area contributed by atoms with Crippen molar-refractivity contribution in [3.8, 4) is 0 Å². The minimum Gasteiger partial charge on any atom is -0.256 e. The van der Waals surface area contributed by atoms with E-state index >= 15 is 0 Å². The summed E-state index contributed by atoms with van der Waals surface area (Å²) < 4.78 is 0. The monoisotopic (exact) mass is 169 g/mol.